The van der Waals surface area contributed by atoms with Crippen LogP contribution in [0.2, 0.25) is 0 Å². The number of hydrogen-bond donors (Lipinski definition) is 4. The SMILES string of the molecule is C=CC(=O)OCCO[C@@H]1O[C@H](CO)[C@H](O)[C@H](O)[C@H]1O. The van der Waals surface area contributed by atoms with Gasteiger partial charge in [0.1, 0.15) is 31.0 Å². The van der Waals surface area contributed by atoms with Crippen molar-refractivity contribution in [1.29, 1.82) is 0 Å². The minimum atomic E-state index is -1.49. The Balaban J connectivity index is 2.39. The summed E-state index contributed by atoms with van der Waals surface area (Å²) >= 11 is 0. The number of ether oxygens (including phenoxy) is 3. The molecule has 0 bridgehead atoms. The molecule has 0 aliphatic carbocycles. The Morgan fingerprint density at radius 2 is 1.89 bits per heavy atom. The fraction of sp³-hybridized carbons (Fsp3) is 0.727. The number of carbonyl (C=O) groups excluding carboxylic acids is 1. The zero-order valence-electron chi connectivity index (χ0n) is 10.2. The van der Waals surface area contributed by atoms with Gasteiger partial charge in [0.2, 0.25) is 0 Å². The van der Waals surface area contributed by atoms with Crippen LogP contribution in [0.4, 0.5) is 0 Å². The second-order valence-electron chi connectivity index (χ2n) is 3.94. The molecule has 0 aromatic rings. The molecule has 0 amide bonds. The molecule has 0 saturated carbocycles. The lowest BCUT2D eigenvalue weighted by Crippen LogP contribution is -2.59. The molecule has 0 aromatic carbocycles. The molecule has 110 valence electrons. The summed E-state index contributed by atoms with van der Waals surface area (Å²) in [6, 6.07) is 0. The predicted octanol–water partition coefficient (Wildman–Crippen LogP) is -2.47. The van der Waals surface area contributed by atoms with Gasteiger partial charge in [-0.2, -0.15) is 0 Å². The van der Waals surface area contributed by atoms with Crippen LogP contribution in [-0.4, -0.2) is 76.9 Å². The van der Waals surface area contributed by atoms with Crippen molar-refractivity contribution in [2.75, 3.05) is 19.8 Å². The molecule has 8 nitrogen and oxygen atoms in total. The van der Waals surface area contributed by atoms with E-state index in [1.54, 1.807) is 0 Å². The van der Waals surface area contributed by atoms with Crippen LogP contribution in [0.3, 0.4) is 0 Å². The van der Waals surface area contributed by atoms with Gasteiger partial charge in [-0.15, -0.1) is 0 Å². The molecule has 0 aromatic heterocycles. The van der Waals surface area contributed by atoms with Crippen molar-refractivity contribution in [2.24, 2.45) is 0 Å². The molecule has 1 rings (SSSR count). The summed E-state index contributed by atoms with van der Waals surface area (Å²) in [5.74, 6) is -0.614. The lowest BCUT2D eigenvalue weighted by atomic mass is 9.99. The zero-order valence-corrected chi connectivity index (χ0v) is 10.2. The van der Waals surface area contributed by atoms with Crippen molar-refractivity contribution in [3.63, 3.8) is 0 Å². The highest BCUT2D eigenvalue weighted by Gasteiger charge is 2.43. The van der Waals surface area contributed by atoms with E-state index in [0.717, 1.165) is 6.08 Å². The molecule has 4 N–H and O–H groups in total. The maximum absolute atomic E-state index is 10.7. The molecular formula is C11H18O8. The third-order valence-corrected chi connectivity index (χ3v) is 2.62. The number of aliphatic hydroxyl groups is 4. The maximum Gasteiger partial charge on any atom is 0.330 e. The quantitative estimate of drug-likeness (QED) is 0.239. The second kappa shape index (κ2) is 7.53. The first-order valence-corrected chi connectivity index (χ1v) is 5.72. The van der Waals surface area contributed by atoms with Gasteiger partial charge < -0.3 is 34.6 Å². The minimum absolute atomic E-state index is 0.0811. The Morgan fingerprint density at radius 3 is 2.47 bits per heavy atom. The molecule has 0 unspecified atom stereocenters. The van der Waals surface area contributed by atoms with Crippen molar-refractivity contribution < 1.29 is 39.4 Å². The van der Waals surface area contributed by atoms with E-state index in [-0.39, 0.29) is 13.2 Å². The van der Waals surface area contributed by atoms with Crippen LogP contribution in [-0.2, 0) is 19.0 Å². The van der Waals surface area contributed by atoms with Crippen molar-refractivity contribution in [3.05, 3.63) is 12.7 Å². The number of rotatable bonds is 6. The monoisotopic (exact) mass is 278 g/mol. The average Bonchev–Trinajstić information content (AvgIpc) is 2.42. The first-order valence-electron chi connectivity index (χ1n) is 5.72. The van der Waals surface area contributed by atoms with Gasteiger partial charge in [0.05, 0.1) is 13.2 Å². The van der Waals surface area contributed by atoms with Gasteiger partial charge in [-0.3, -0.25) is 0 Å². The average molecular weight is 278 g/mol. The summed E-state index contributed by atoms with van der Waals surface area (Å²) in [6.07, 6.45) is -5.65. The minimum Gasteiger partial charge on any atom is -0.460 e. The Morgan fingerprint density at radius 1 is 1.21 bits per heavy atom. The van der Waals surface area contributed by atoms with Crippen LogP contribution >= 0.6 is 0 Å². The third-order valence-electron chi connectivity index (χ3n) is 2.62. The predicted molar refractivity (Wildman–Crippen MR) is 60.9 cm³/mol. The standard InChI is InChI=1S/C11H18O8/c1-2-7(13)17-3-4-18-11-10(16)9(15)8(14)6(5-12)19-11/h2,6,8-12,14-16H,1,3-5H2/t6-,8+,9+,10-,11-/m1/s1. The highest BCUT2D eigenvalue weighted by atomic mass is 16.7. The van der Waals surface area contributed by atoms with Gasteiger partial charge in [-0.1, -0.05) is 6.58 Å². The summed E-state index contributed by atoms with van der Waals surface area (Å²) in [6.45, 7) is 2.52. The molecule has 1 aliphatic heterocycles. The highest BCUT2D eigenvalue weighted by molar-refractivity contribution is 5.81. The molecule has 1 aliphatic rings. The van der Waals surface area contributed by atoms with Crippen molar-refractivity contribution in [1.82, 2.24) is 0 Å². The van der Waals surface area contributed by atoms with Gasteiger partial charge in [-0.05, 0) is 0 Å². The molecule has 1 saturated heterocycles. The summed E-state index contributed by atoms with van der Waals surface area (Å²) in [4.78, 5) is 10.7. The summed E-state index contributed by atoms with van der Waals surface area (Å²) in [5, 5.41) is 37.6. The van der Waals surface area contributed by atoms with Crippen LogP contribution in [0.15, 0.2) is 12.7 Å². The lowest BCUT2D eigenvalue weighted by Gasteiger charge is -2.39. The highest BCUT2D eigenvalue weighted by Crippen LogP contribution is 2.21. The molecule has 0 spiro atoms. The number of aliphatic hydroxyl groups excluding tert-OH is 4. The van der Waals surface area contributed by atoms with Crippen LogP contribution in [0.25, 0.3) is 0 Å². The van der Waals surface area contributed by atoms with E-state index in [1.807, 2.05) is 0 Å². The molecular weight excluding hydrogens is 260 g/mol. The van der Waals surface area contributed by atoms with Crippen LogP contribution in [0.5, 0.6) is 0 Å². The smallest absolute Gasteiger partial charge is 0.330 e. The molecule has 0 radical (unpaired) electrons. The van der Waals surface area contributed by atoms with Gasteiger partial charge in [0, 0.05) is 6.08 Å². The number of carbonyl (C=O) groups is 1. The first kappa shape index (κ1) is 16.0. The number of hydrogen-bond acceptors (Lipinski definition) is 8. The Labute approximate surface area is 109 Å². The zero-order chi connectivity index (χ0) is 14.4. The van der Waals surface area contributed by atoms with Gasteiger partial charge in [0.25, 0.3) is 0 Å². The molecule has 1 fully saturated rings. The fourth-order valence-electron chi connectivity index (χ4n) is 1.57. The third kappa shape index (κ3) is 4.23. The molecule has 1 heterocycles. The van der Waals surface area contributed by atoms with Crippen molar-refractivity contribution in [2.45, 2.75) is 30.7 Å². The summed E-state index contributed by atoms with van der Waals surface area (Å²) in [5.41, 5.74) is 0. The normalized spacial score (nSPS) is 34.8. The Kier molecular flexibility index (Phi) is 6.35. The maximum atomic E-state index is 10.7. The lowest BCUT2D eigenvalue weighted by molar-refractivity contribution is -0.302. The first-order chi connectivity index (χ1) is 9.01. The van der Waals surface area contributed by atoms with Gasteiger partial charge in [0.15, 0.2) is 6.29 Å². The van der Waals surface area contributed by atoms with E-state index in [9.17, 15) is 20.1 Å². The van der Waals surface area contributed by atoms with E-state index in [2.05, 4.69) is 11.3 Å². The van der Waals surface area contributed by atoms with Crippen molar-refractivity contribution >= 4 is 5.97 Å². The van der Waals surface area contributed by atoms with Gasteiger partial charge >= 0.3 is 5.97 Å². The van der Waals surface area contributed by atoms with E-state index >= 15 is 0 Å². The summed E-state index contributed by atoms with van der Waals surface area (Å²) < 4.78 is 14.8. The van der Waals surface area contributed by atoms with E-state index in [1.165, 1.54) is 0 Å². The Hall–Kier alpha value is -1.03. The van der Waals surface area contributed by atoms with E-state index in [4.69, 9.17) is 14.6 Å². The Bertz CT molecular complexity index is 305. The van der Waals surface area contributed by atoms with E-state index < -0.39 is 43.3 Å². The fourth-order valence-corrected chi connectivity index (χ4v) is 1.57. The van der Waals surface area contributed by atoms with Crippen molar-refractivity contribution in [3.8, 4) is 0 Å². The van der Waals surface area contributed by atoms with Crippen LogP contribution < -0.4 is 0 Å². The molecule has 8 heteroatoms. The summed E-state index contributed by atoms with van der Waals surface area (Å²) in [7, 11) is 0. The number of esters is 1. The molecule has 19 heavy (non-hydrogen) atoms. The van der Waals surface area contributed by atoms with Crippen LogP contribution in [0, 0.1) is 0 Å². The van der Waals surface area contributed by atoms with Gasteiger partial charge in [-0.25, -0.2) is 4.79 Å². The topological polar surface area (TPSA) is 126 Å². The molecule has 5 atom stereocenters. The van der Waals surface area contributed by atoms with Crippen LogP contribution in [0.1, 0.15) is 0 Å². The largest absolute Gasteiger partial charge is 0.460 e. The van der Waals surface area contributed by atoms with E-state index in [0.29, 0.717) is 0 Å². The second-order valence-corrected chi connectivity index (χ2v) is 3.94.